The zero-order valence-corrected chi connectivity index (χ0v) is 11.8. The number of nitrogens with zero attached hydrogens (tertiary/aromatic N) is 2. The van der Waals surface area contributed by atoms with E-state index in [1.54, 1.807) is 18.2 Å². The van der Waals surface area contributed by atoms with Gasteiger partial charge in [-0.3, -0.25) is 4.90 Å². The van der Waals surface area contributed by atoms with Crippen LogP contribution in [-0.4, -0.2) is 23.6 Å². The summed E-state index contributed by atoms with van der Waals surface area (Å²) in [5, 5.41) is 19.0. The van der Waals surface area contributed by atoms with Crippen molar-refractivity contribution in [3.05, 3.63) is 71.0 Å². The molecule has 2 aromatic rings. The number of aliphatic hydroxyl groups excluding tert-OH is 1. The van der Waals surface area contributed by atoms with Gasteiger partial charge in [0.25, 0.3) is 0 Å². The minimum absolute atomic E-state index is 0.312. The first kappa shape index (κ1) is 15.2. The van der Waals surface area contributed by atoms with Crippen LogP contribution >= 0.6 is 0 Å². The molecule has 108 valence electrons. The number of aliphatic hydroxyl groups is 1. The lowest BCUT2D eigenvalue weighted by Crippen LogP contribution is -2.24. The van der Waals surface area contributed by atoms with Gasteiger partial charge in [-0.1, -0.05) is 24.3 Å². The number of benzene rings is 2. The molecule has 0 spiro atoms. The highest BCUT2D eigenvalue weighted by atomic mass is 19.1. The molecule has 0 amide bonds. The van der Waals surface area contributed by atoms with E-state index in [4.69, 9.17) is 5.26 Å². The standard InChI is InChI=1S/C17H17FN2O/c1-20(11-14-4-2-3-13(9-14)10-19)12-17(21)15-5-7-16(18)8-6-15/h2-9,17,21H,11-12H2,1H3. The molecule has 0 bridgehead atoms. The van der Waals surface area contributed by atoms with E-state index in [1.165, 1.54) is 12.1 Å². The minimum atomic E-state index is -0.672. The van der Waals surface area contributed by atoms with Crippen LogP contribution in [0.1, 0.15) is 22.8 Å². The second-order valence-electron chi connectivity index (χ2n) is 5.08. The molecule has 4 heteroatoms. The van der Waals surface area contributed by atoms with Gasteiger partial charge < -0.3 is 5.11 Å². The van der Waals surface area contributed by atoms with Gasteiger partial charge in [0.15, 0.2) is 0 Å². The summed E-state index contributed by atoms with van der Waals surface area (Å²) in [7, 11) is 1.89. The van der Waals surface area contributed by atoms with Crippen molar-refractivity contribution in [1.29, 1.82) is 5.26 Å². The fourth-order valence-electron chi connectivity index (χ4n) is 2.20. The zero-order chi connectivity index (χ0) is 15.2. The van der Waals surface area contributed by atoms with Crippen LogP contribution in [0.3, 0.4) is 0 Å². The average molecular weight is 284 g/mol. The van der Waals surface area contributed by atoms with Crippen molar-refractivity contribution in [3.63, 3.8) is 0 Å². The van der Waals surface area contributed by atoms with Crippen molar-refractivity contribution in [2.45, 2.75) is 12.6 Å². The zero-order valence-electron chi connectivity index (χ0n) is 11.8. The smallest absolute Gasteiger partial charge is 0.123 e. The van der Waals surface area contributed by atoms with Crippen molar-refractivity contribution in [2.24, 2.45) is 0 Å². The average Bonchev–Trinajstić information content (AvgIpc) is 2.47. The summed E-state index contributed by atoms with van der Waals surface area (Å²) in [6, 6.07) is 15.4. The molecule has 0 saturated heterocycles. The Bertz CT molecular complexity index is 634. The third kappa shape index (κ3) is 4.38. The number of likely N-dealkylation sites (N-methyl/N-ethyl adjacent to an activating group) is 1. The highest BCUT2D eigenvalue weighted by Crippen LogP contribution is 2.16. The Morgan fingerprint density at radius 2 is 1.95 bits per heavy atom. The lowest BCUT2D eigenvalue weighted by molar-refractivity contribution is 0.124. The molecule has 0 fully saturated rings. The lowest BCUT2D eigenvalue weighted by Gasteiger charge is -2.21. The summed E-state index contributed by atoms with van der Waals surface area (Å²) in [5.41, 5.74) is 2.33. The minimum Gasteiger partial charge on any atom is -0.387 e. The second-order valence-corrected chi connectivity index (χ2v) is 5.08. The fraction of sp³-hybridized carbons (Fsp3) is 0.235. The Morgan fingerprint density at radius 1 is 1.24 bits per heavy atom. The number of hydrogen-bond donors (Lipinski definition) is 1. The third-order valence-corrected chi connectivity index (χ3v) is 3.25. The SMILES string of the molecule is CN(Cc1cccc(C#N)c1)CC(O)c1ccc(F)cc1. The number of halogens is 1. The molecule has 0 aliphatic heterocycles. The van der Waals surface area contributed by atoms with Gasteiger partial charge in [0.05, 0.1) is 17.7 Å². The van der Waals surface area contributed by atoms with Crippen LogP contribution in [0, 0.1) is 17.1 Å². The molecular weight excluding hydrogens is 267 g/mol. The number of hydrogen-bond acceptors (Lipinski definition) is 3. The van der Waals surface area contributed by atoms with Gasteiger partial charge in [-0.05, 0) is 42.4 Å². The van der Waals surface area contributed by atoms with Crippen LogP contribution in [0.2, 0.25) is 0 Å². The van der Waals surface area contributed by atoms with Gasteiger partial charge in [-0.25, -0.2) is 4.39 Å². The third-order valence-electron chi connectivity index (χ3n) is 3.25. The van der Waals surface area contributed by atoms with Crippen LogP contribution in [0.4, 0.5) is 4.39 Å². The maximum absolute atomic E-state index is 12.9. The van der Waals surface area contributed by atoms with Gasteiger partial charge in [0.2, 0.25) is 0 Å². The van der Waals surface area contributed by atoms with E-state index >= 15 is 0 Å². The summed E-state index contributed by atoms with van der Waals surface area (Å²) in [6.45, 7) is 1.07. The molecule has 2 aromatic carbocycles. The van der Waals surface area contributed by atoms with Gasteiger partial charge in [-0.15, -0.1) is 0 Å². The first-order chi connectivity index (χ1) is 10.1. The first-order valence-electron chi connectivity index (χ1n) is 6.69. The second kappa shape index (κ2) is 6.98. The lowest BCUT2D eigenvalue weighted by atomic mass is 10.1. The van der Waals surface area contributed by atoms with Crippen LogP contribution in [-0.2, 0) is 6.54 Å². The quantitative estimate of drug-likeness (QED) is 0.918. The summed E-state index contributed by atoms with van der Waals surface area (Å²) in [4.78, 5) is 1.96. The number of nitriles is 1. The molecule has 0 saturated carbocycles. The van der Waals surface area contributed by atoms with Gasteiger partial charge in [-0.2, -0.15) is 5.26 Å². The first-order valence-corrected chi connectivity index (χ1v) is 6.69. The van der Waals surface area contributed by atoms with E-state index in [0.29, 0.717) is 24.2 Å². The maximum Gasteiger partial charge on any atom is 0.123 e. The van der Waals surface area contributed by atoms with Gasteiger partial charge in [0, 0.05) is 13.1 Å². The Kier molecular flexibility index (Phi) is 5.04. The Balaban J connectivity index is 1.96. The molecule has 2 rings (SSSR count). The van der Waals surface area contributed by atoms with E-state index in [9.17, 15) is 9.50 Å². The summed E-state index contributed by atoms with van der Waals surface area (Å²) >= 11 is 0. The van der Waals surface area contributed by atoms with Crippen molar-refractivity contribution in [1.82, 2.24) is 4.90 Å². The van der Waals surface area contributed by atoms with Crippen LogP contribution in [0.5, 0.6) is 0 Å². The summed E-state index contributed by atoms with van der Waals surface area (Å²) in [5.74, 6) is -0.312. The predicted molar refractivity (Wildman–Crippen MR) is 78.9 cm³/mol. The van der Waals surface area contributed by atoms with Crippen molar-refractivity contribution in [2.75, 3.05) is 13.6 Å². The maximum atomic E-state index is 12.9. The molecule has 0 aliphatic rings. The van der Waals surface area contributed by atoms with Gasteiger partial charge >= 0.3 is 0 Å². The van der Waals surface area contributed by atoms with E-state index in [1.807, 2.05) is 30.1 Å². The van der Waals surface area contributed by atoms with E-state index < -0.39 is 6.10 Å². The van der Waals surface area contributed by atoms with E-state index in [-0.39, 0.29) is 5.82 Å². The molecule has 1 unspecified atom stereocenters. The van der Waals surface area contributed by atoms with Crippen molar-refractivity contribution < 1.29 is 9.50 Å². The number of rotatable bonds is 5. The van der Waals surface area contributed by atoms with Crippen LogP contribution in [0.15, 0.2) is 48.5 Å². The molecule has 3 nitrogen and oxygen atoms in total. The van der Waals surface area contributed by atoms with E-state index in [0.717, 1.165) is 5.56 Å². The fourth-order valence-corrected chi connectivity index (χ4v) is 2.20. The molecule has 0 radical (unpaired) electrons. The molecule has 0 aliphatic carbocycles. The molecule has 0 heterocycles. The van der Waals surface area contributed by atoms with Crippen molar-refractivity contribution in [3.8, 4) is 6.07 Å². The predicted octanol–water partition coefficient (Wildman–Crippen LogP) is 2.86. The monoisotopic (exact) mass is 284 g/mol. The Hall–Kier alpha value is -2.22. The molecular formula is C17H17FN2O. The largest absolute Gasteiger partial charge is 0.387 e. The summed E-state index contributed by atoms with van der Waals surface area (Å²) < 4.78 is 12.9. The topological polar surface area (TPSA) is 47.3 Å². The van der Waals surface area contributed by atoms with E-state index in [2.05, 4.69) is 6.07 Å². The molecule has 1 atom stereocenters. The Morgan fingerprint density at radius 3 is 2.62 bits per heavy atom. The van der Waals surface area contributed by atoms with Crippen LogP contribution < -0.4 is 0 Å². The molecule has 21 heavy (non-hydrogen) atoms. The molecule has 1 N–H and O–H groups in total. The summed E-state index contributed by atoms with van der Waals surface area (Å²) in [6.07, 6.45) is -0.672. The van der Waals surface area contributed by atoms with Crippen molar-refractivity contribution >= 4 is 0 Å². The highest BCUT2D eigenvalue weighted by molar-refractivity contribution is 5.32. The Labute approximate surface area is 123 Å². The van der Waals surface area contributed by atoms with Crippen LogP contribution in [0.25, 0.3) is 0 Å². The molecule has 0 aromatic heterocycles. The van der Waals surface area contributed by atoms with Gasteiger partial charge in [0.1, 0.15) is 5.82 Å². The normalized spacial score (nSPS) is 12.1. The highest BCUT2D eigenvalue weighted by Gasteiger charge is 2.11.